The van der Waals surface area contributed by atoms with Crippen molar-refractivity contribution >= 4 is 11.9 Å². The second-order valence-electron chi connectivity index (χ2n) is 6.44. The number of carbonyl (C=O) groups is 2. The Labute approximate surface area is 106 Å². The first-order valence-corrected chi connectivity index (χ1v) is 6.48. The van der Waals surface area contributed by atoms with E-state index in [0.29, 0.717) is 12.8 Å². The van der Waals surface area contributed by atoms with Gasteiger partial charge in [0, 0.05) is 5.92 Å². The lowest BCUT2D eigenvalue weighted by Crippen LogP contribution is -2.39. The first-order valence-electron chi connectivity index (χ1n) is 6.48. The standard InChI is InChI=1S/C14H18O4/c1-13(2)10(5-11(15)18-13)14-4-3-8(6-14)9(7-14)12(16)17/h3-4,8-10H,5-7H2,1-2H3,(H,16,17). The van der Waals surface area contributed by atoms with Crippen LogP contribution < -0.4 is 0 Å². The fourth-order valence-electron chi connectivity index (χ4n) is 4.26. The van der Waals surface area contributed by atoms with Crippen molar-refractivity contribution in [1.29, 1.82) is 0 Å². The highest BCUT2D eigenvalue weighted by molar-refractivity contribution is 5.74. The van der Waals surface area contributed by atoms with Gasteiger partial charge in [-0.3, -0.25) is 9.59 Å². The molecule has 0 amide bonds. The Balaban J connectivity index is 1.92. The van der Waals surface area contributed by atoms with Crippen molar-refractivity contribution in [2.45, 2.75) is 38.7 Å². The first kappa shape index (κ1) is 11.8. The lowest BCUT2D eigenvalue weighted by molar-refractivity contribution is -0.148. The molecule has 0 aromatic carbocycles. The first-order chi connectivity index (χ1) is 8.34. The average Bonchev–Trinajstić information content (AvgIpc) is 2.89. The Kier molecular flexibility index (Phi) is 2.20. The van der Waals surface area contributed by atoms with Gasteiger partial charge in [-0.05, 0) is 38.0 Å². The maximum absolute atomic E-state index is 11.6. The summed E-state index contributed by atoms with van der Waals surface area (Å²) in [5.41, 5.74) is -0.632. The average molecular weight is 250 g/mol. The van der Waals surface area contributed by atoms with Gasteiger partial charge in [0.15, 0.2) is 0 Å². The number of cyclic esters (lactones) is 1. The third-order valence-corrected chi connectivity index (χ3v) is 5.01. The maximum atomic E-state index is 11.6. The van der Waals surface area contributed by atoms with Crippen molar-refractivity contribution in [1.82, 2.24) is 0 Å². The topological polar surface area (TPSA) is 63.6 Å². The van der Waals surface area contributed by atoms with Gasteiger partial charge in [-0.25, -0.2) is 0 Å². The summed E-state index contributed by atoms with van der Waals surface area (Å²) in [5.74, 6) is -0.928. The van der Waals surface area contributed by atoms with Crippen molar-refractivity contribution in [3.63, 3.8) is 0 Å². The molecule has 4 unspecified atom stereocenters. The number of hydrogen-bond acceptors (Lipinski definition) is 3. The summed E-state index contributed by atoms with van der Waals surface area (Å²) in [4.78, 5) is 22.8. The van der Waals surface area contributed by atoms with Crippen LogP contribution in [0.4, 0.5) is 0 Å². The van der Waals surface area contributed by atoms with Crippen LogP contribution in [-0.2, 0) is 14.3 Å². The number of aliphatic carboxylic acids is 1. The van der Waals surface area contributed by atoms with Crippen LogP contribution in [0.15, 0.2) is 12.2 Å². The van der Waals surface area contributed by atoms with Crippen LogP contribution in [0, 0.1) is 23.2 Å². The van der Waals surface area contributed by atoms with Gasteiger partial charge in [-0.1, -0.05) is 12.2 Å². The molecule has 1 N–H and O–H groups in total. The number of hydrogen-bond donors (Lipinski definition) is 1. The SMILES string of the molecule is CC1(C)OC(=O)CC1C12C=CC(C1)C(C(=O)O)C2. The van der Waals surface area contributed by atoms with E-state index < -0.39 is 11.6 Å². The molecule has 4 heteroatoms. The van der Waals surface area contributed by atoms with Crippen LogP contribution >= 0.6 is 0 Å². The molecule has 98 valence electrons. The third kappa shape index (κ3) is 1.44. The van der Waals surface area contributed by atoms with Gasteiger partial charge in [0.25, 0.3) is 0 Å². The predicted octanol–water partition coefficient (Wildman–Crippen LogP) is 2.00. The summed E-state index contributed by atoms with van der Waals surface area (Å²) in [7, 11) is 0. The highest BCUT2D eigenvalue weighted by Gasteiger charge is 2.60. The number of allylic oxidation sites excluding steroid dienone is 2. The van der Waals surface area contributed by atoms with E-state index in [1.165, 1.54) is 0 Å². The molecular weight excluding hydrogens is 232 g/mol. The number of fused-ring (bicyclic) bond motifs is 2. The van der Waals surface area contributed by atoms with E-state index in [4.69, 9.17) is 4.74 Å². The number of ether oxygens (including phenoxy) is 1. The number of esters is 1. The predicted molar refractivity (Wildman–Crippen MR) is 63.7 cm³/mol. The van der Waals surface area contributed by atoms with Gasteiger partial charge in [-0.2, -0.15) is 0 Å². The van der Waals surface area contributed by atoms with Crippen molar-refractivity contribution in [3.05, 3.63) is 12.2 Å². The van der Waals surface area contributed by atoms with E-state index in [0.717, 1.165) is 6.42 Å². The molecule has 1 heterocycles. The highest BCUT2D eigenvalue weighted by Crippen LogP contribution is 2.61. The third-order valence-electron chi connectivity index (χ3n) is 5.01. The Bertz CT molecular complexity index is 451. The van der Waals surface area contributed by atoms with Gasteiger partial charge in [0.05, 0.1) is 12.3 Å². The molecule has 0 aromatic heterocycles. The zero-order valence-electron chi connectivity index (χ0n) is 10.7. The van der Waals surface area contributed by atoms with Gasteiger partial charge < -0.3 is 9.84 Å². The fraction of sp³-hybridized carbons (Fsp3) is 0.714. The molecule has 3 aliphatic rings. The van der Waals surface area contributed by atoms with E-state index in [-0.39, 0.29) is 29.1 Å². The van der Waals surface area contributed by atoms with E-state index in [9.17, 15) is 14.7 Å². The van der Waals surface area contributed by atoms with Crippen LogP contribution in [0.5, 0.6) is 0 Å². The Morgan fingerprint density at radius 2 is 2.17 bits per heavy atom. The summed E-state index contributed by atoms with van der Waals surface area (Å²) in [5, 5.41) is 9.24. The summed E-state index contributed by atoms with van der Waals surface area (Å²) in [6.45, 7) is 3.87. The fourth-order valence-corrected chi connectivity index (χ4v) is 4.26. The second kappa shape index (κ2) is 3.37. The van der Waals surface area contributed by atoms with Gasteiger partial charge in [-0.15, -0.1) is 0 Å². The van der Waals surface area contributed by atoms with Gasteiger partial charge in [0.1, 0.15) is 5.60 Å². The summed E-state index contributed by atoms with van der Waals surface area (Å²) in [6.07, 6.45) is 6.09. The Hall–Kier alpha value is -1.32. The monoisotopic (exact) mass is 250 g/mol. The Morgan fingerprint density at radius 1 is 1.44 bits per heavy atom. The maximum Gasteiger partial charge on any atom is 0.307 e. The van der Waals surface area contributed by atoms with E-state index in [2.05, 4.69) is 6.08 Å². The molecule has 4 atom stereocenters. The zero-order valence-corrected chi connectivity index (χ0v) is 10.7. The zero-order chi connectivity index (χ0) is 13.1. The normalized spacial score (nSPS) is 44.3. The molecule has 1 aliphatic heterocycles. The van der Waals surface area contributed by atoms with Crippen LogP contribution in [0.3, 0.4) is 0 Å². The minimum Gasteiger partial charge on any atom is -0.481 e. The highest BCUT2D eigenvalue weighted by atomic mass is 16.6. The molecule has 0 spiro atoms. The summed E-state index contributed by atoms with van der Waals surface area (Å²) < 4.78 is 5.39. The minimum atomic E-state index is -0.714. The Morgan fingerprint density at radius 3 is 2.67 bits per heavy atom. The molecule has 0 aromatic rings. The van der Waals surface area contributed by atoms with Gasteiger partial charge in [0.2, 0.25) is 0 Å². The summed E-state index contributed by atoms with van der Waals surface area (Å²) in [6, 6.07) is 0. The van der Waals surface area contributed by atoms with Crippen LogP contribution in [0.1, 0.15) is 33.1 Å². The lowest BCUT2D eigenvalue weighted by atomic mass is 9.67. The molecular formula is C14H18O4. The van der Waals surface area contributed by atoms with Crippen molar-refractivity contribution in [2.24, 2.45) is 23.2 Å². The van der Waals surface area contributed by atoms with E-state index >= 15 is 0 Å². The van der Waals surface area contributed by atoms with Gasteiger partial charge >= 0.3 is 11.9 Å². The van der Waals surface area contributed by atoms with Crippen LogP contribution in [0.25, 0.3) is 0 Å². The number of rotatable bonds is 2. The molecule has 0 radical (unpaired) electrons. The molecule has 1 saturated carbocycles. The summed E-state index contributed by atoms with van der Waals surface area (Å²) >= 11 is 0. The van der Waals surface area contributed by atoms with Crippen molar-refractivity contribution in [2.75, 3.05) is 0 Å². The lowest BCUT2D eigenvalue weighted by Gasteiger charge is -2.38. The van der Waals surface area contributed by atoms with Crippen LogP contribution in [0.2, 0.25) is 0 Å². The van der Waals surface area contributed by atoms with E-state index in [1.54, 1.807) is 0 Å². The molecule has 3 rings (SSSR count). The van der Waals surface area contributed by atoms with Crippen molar-refractivity contribution < 1.29 is 19.4 Å². The quantitative estimate of drug-likeness (QED) is 0.601. The molecule has 4 nitrogen and oxygen atoms in total. The molecule has 18 heavy (non-hydrogen) atoms. The second-order valence-corrected chi connectivity index (χ2v) is 6.44. The molecule has 2 fully saturated rings. The van der Waals surface area contributed by atoms with Crippen molar-refractivity contribution in [3.8, 4) is 0 Å². The smallest absolute Gasteiger partial charge is 0.307 e. The minimum absolute atomic E-state index is 0.100. The number of carbonyl (C=O) groups excluding carboxylic acids is 1. The van der Waals surface area contributed by atoms with Crippen LogP contribution in [-0.4, -0.2) is 22.6 Å². The largest absolute Gasteiger partial charge is 0.481 e. The number of carboxylic acids is 1. The van der Waals surface area contributed by atoms with E-state index in [1.807, 2.05) is 19.9 Å². The number of carboxylic acid groups (broad SMARTS) is 1. The molecule has 2 bridgehead atoms. The molecule has 1 saturated heterocycles. The molecule has 2 aliphatic carbocycles.